The maximum Gasteiger partial charge on any atom is 0.308 e. The summed E-state index contributed by atoms with van der Waals surface area (Å²) in [5, 5.41) is 8.77. The number of hydrogen-bond donors (Lipinski definition) is 1. The molecule has 3 rings (SSSR count). The first-order valence-corrected chi connectivity index (χ1v) is 10.7. The third-order valence-corrected chi connectivity index (χ3v) is 6.17. The van der Waals surface area contributed by atoms with Gasteiger partial charge in [0.25, 0.3) is 5.91 Å². The van der Waals surface area contributed by atoms with E-state index in [9.17, 15) is 19.5 Å². The zero-order valence-electron chi connectivity index (χ0n) is 14.8. The van der Waals surface area contributed by atoms with Gasteiger partial charge in [0.1, 0.15) is 5.37 Å². The summed E-state index contributed by atoms with van der Waals surface area (Å²) in [5.41, 5.74) is 0.782. The van der Waals surface area contributed by atoms with Gasteiger partial charge < -0.3 is 14.7 Å². The number of nitrogens with zero attached hydrogens (tertiary/aromatic N) is 1. The van der Waals surface area contributed by atoms with Crippen molar-refractivity contribution in [1.82, 2.24) is 4.90 Å². The topological polar surface area (TPSA) is 83.9 Å². The Balaban J connectivity index is 1.97. The van der Waals surface area contributed by atoms with Crippen LogP contribution in [0.15, 0.2) is 39.9 Å². The molecule has 1 aromatic rings. The third-order valence-electron chi connectivity index (χ3n) is 4.70. The molecule has 0 unspecified atom stereocenters. The Morgan fingerprint density at radius 1 is 1.33 bits per heavy atom. The van der Waals surface area contributed by atoms with Gasteiger partial charge in [-0.2, -0.15) is 0 Å². The van der Waals surface area contributed by atoms with E-state index in [1.165, 1.54) is 11.8 Å². The summed E-state index contributed by atoms with van der Waals surface area (Å²) in [6.45, 7) is 1.03. The molecule has 2 aliphatic rings. The number of carboxylic acid groups (broad SMARTS) is 1. The largest absolute Gasteiger partial charge is 0.481 e. The van der Waals surface area contributed by atoms with Gasteiger partial charge in [0.05, 0.1) is 12.5 Å². The lowest BCUT2D eigenvalue weighted by atomic mass is 9.98. The molecule has 0 bridgehead atoms. The highest BCUT2D eigenvalue weighted by molar-refractivity contribution is 9.10. The SMILES string of the molecule is CS[C@@H]1C(C(=O)c2ccc(Br)cc2)=C(CC(=O)O)C(=O)N1C[C@H]1CCCO1. The van der Waals surface area contributed by atoms with E-state index in [-0.39, 0.29) is 28.9 Å². The minimum Gasteiger partial charge on any atom is -0.481 e. The number of carbonyl (C=O) groups is 3. The molecule has 1 N–H and O–H groups in total. The Labute approximate surface area is 170 Å². The third kappa shape index (κ3) is 4.28. The molecule has 2 atom stereocenters. The summed E-state index contributed by atoms with van der Waals surface area (Å²) in [6, 6.07) is 6.84. The van der Waals surface area contributed by atoms with E-state index in [0.29, 0.717) is 18.7 Å². The van der Waals surface area contributed by atoms with E-state index in [1.54, 1.807) is 29.2 Å². The van der Waals surface area contributed by atoms with Crippen LogP contribution < -0.4 is 0 Å². The fourth-order valence-corrected chi connectivity index (χ4v) is 4.65. The molecule has 2 heterocycles. The Bertz CT molecular complexity index is 786. The quantitative estimate of drug-likeness (QED) is 0.638. The molecule has 0 saturated carbocycles. The number of ether oxygens (including phenoxy) is 1. The molecule has 2 aliphatic heterocycles. The number of Topliss-reactive ketones (excluding diaryl/α,β-unsaturated/α-hetero) is 1. The molecule has 0 aliphatic carbocycles. The zero-order chi connectivity index (χ0) is 19.6. The molecule has 1 fully saturated rings. The molecule has 27 heavy (non-hydrogen) atoms. The maximum absolute atomic E-state index is 13.2. The van der Waals surface area contributed by atoms with Crippen LogP contribution in [0.25, 0.3) is 0 Å². The molecule has 0 spiro atoms. The van der Waals surface area contributed by atoms with Crippen molar-refractivity contribution in [2.45, 2.75) is 30.7 Å². The highest BCUT2D eigenvalue weighted by Gasteiger charge is 2.43. The lowest BCUT2D eigenvalue weighted by Gasteiger charge is -2.27. The lowest BCUT2D eigenvalue weighted by Crippen LogP contribution is -2.40. The standard InChI is InChI=1S/C19H20BrNO5S/c1-27-19-16(17(24)11-4-6-12(20)7-5-11)14(9-15(22)23)18(25)21(19)10-13-3-2-8-26-13/h4-7,13,19H,2-3,8-10H2,1H3,(H,22,23)/t13-,19-/m1/s1. The zero-order valence-corrected chi connectivity index (χ0v) is 17.2. The molecule has 0 aromatic heterocycles. The van der Waals surface area contributed by atoms with E-state index < -0.39 is 17.8 Å². The Kier molecular flexibility index (Phi) is 6.39. The smallest absolute Gasteiger partial charge is 0.308 e. The minimum absolute atomic E-state index is 0.0724. The molecule has 1 amide bonds. The summed E-state index contributed by atoms with van der Waals surface area (Å²) in [6.07, 6.45) is 3.08. The van der Waals surface area contributed by atoms with Gasteiger partial charge in [-0.3, -0.25) is 14.4 Å². The molecule has 8 heteroatoms. The highest BCUT2D eigenvalue weighted by Crippen LogP contribution is 2.37. The van der Waals surface area contributed by atoms with Crippen LogP contribution in [0.1, 0.15) is 29.6 Å². The van der Waals surface area contributed by atoms with Gasteiger partial charge in [0, 0.05) is 34.3 Å². The molecule has 144 valence electrons. The van der Waals surface area contributed by atoms with Crippen LogP contribution in [-0.2, 0) is 14.3 Å². The van der Waals surface area contributed by atoms with Crippen molar-refractivity contribution in [2.75, 3.05) is 19.4 Å². The number of carboxylic acids is 1. The van der Waals surface area contributed by atoms with Gasteiger partial charge in [-0.15, -0.1) is 11.8 Å². The van der Waals surface area contributed by atoms with Crippen LogP contribution in [0.3, 0.4) is 0 Å². The van der Waals surface area contributed by atoms with Crippen LogP contribution >= 0.6 is 27.7 Å². The van der Waals surface area contributed by atoms with Gasteiger partial charge >= 0.3 is 5.97 Å². The molecule has 1 aromatic carbocycles. The van der Waals surface area contributed by atoms with E-state index in [1.807, 2.05) is 6.26 Å². The maximum atomic E-state index is 13.2. The average Bonchev–Trinajstić information content (AvgIpc) is 3.23. The predicted octanol–water partition coefficient (Wildman–Crippen LogP) is 3.11. The van der Waals surface area contributed by atoms with Crippen LogP contribution in [0.2, 0.25) is 0 Å². The van der Waals surface area contributed by atoms with Gasteiger partial charge in [-0.05, 0) is 43.4 Å². The molecule has 0 radical (unpaired) electrons. The molecule has 1 saturated heterocycles. The first-order chi connectivity index (χ1) is 12.9. The number of benzene rings is 1. The Morgan fingerprint density at radius 3 is 2.59 bits per heavy atom. The summed E-state index contributed by atoms with van der Waals surface area (Å²) >= 11 is 4.70. The molecular weight excluding hydrogens is 434 g/mol. The van der Waals surface area contributed by atoms with Gasteiger partial charge in [-0.25, -0.2) is 0 Å². The van der Waals surface area contributed by atoms with Gasteiger partial charge in [-0.1, -0.05) is 15.9 Å². The summed E-state index contributed by atoms with van der Waals surface area (Å²) < 4.78 is 6.47. The van der Waals surface area contributed by atoms with Crippen molar-refractivity contribution in [3.05, 3.63) is 45.4 Å². The Hall–Kier alpha value is -1.64. The number of aliphatic carboxylic acids is 1. The van der Waals surface area contributed by atoms with E-state index in [4.69, 9.17) is 4.74 Å². The first kappa shape index (κ1) is 20.1. The first-order valence-electron chi connectivity index (χ1n) is 8.62. The number of halogens is 1. The molecule has 6 nitrogen and oxygen atoms in total. The van der Waals surface area contributed by atoms with Crippen molar-refractivity contribution in [1.29, 1.82) is 0 Å². The van der Waals surface area contributed by atoms with Crippen molar-refractivity contribution in [2.24, 2.45) is 0 Å². The van der Waals surface area contributed by atoms with Gasteiger partial charge in [0.2, 0.25) is 0 Å². The summed E-state index contributed by atoms with van der Waals surface area (Å²) in [5.74, 6) is -1.81. The number of amides is 1. The van der Waals surface area contributed by atoms with Crippen molar-refractivity contribution >= 4 is 45.4 Å². The van der Waals surface area contributed by atoms with Crippen molar-refractivity contribution in [3.8, 4) is 0 Å². The highest BCUT2D eigenvalue weighted by atomic mass is 79.9. The number of rotatable bonds is 7. The monoisotopic (exact) mass is 453 g/mol. The van der Waals surface area contributed by atoms with Crippen LogP contribution in [0.4, 0.5) is 0 Å². The number of carbonyl (C=O) groups excluding carboxylic acids is 2. The van der Waals surface area contributed by atoms with E-state index in [2.05, 4.69) is 15.9 Å². The number of ketones is 1. The van der Waals surface area contributed by atoms with Crippen molar-refractivity contribution in [3.63, 3.8) is 0 Å². The number of hydrogen-bond acceptors (Lipinski definition) is 5. The fourth-order valence-electron chi connectivity index (χ4n) is 3.46. The lowest BCUT2D eigenvalue weighted by molar-refractivity contribution is -0.137. The van der Waals surface area contributed by atoms with E-state index >= 15 is 0 Å². The van der Waals surface area contributed by atoms with Crippen LogP contribution in [0.5, 0.6) is 0 Å². The number of thioether (sulfide) groups is 1. The van der Waals surface area contributed by atoms with Crippen molar-refractivity contribution < 1.29 is 24.2 Å². The van der Waals surface area contributed by atoms with Gasteiger partial charge in [0.15, 0.2) is 5.78 Å². The summed E-state index contributed by atoms with van der Waals surface area (Å²) in [4.78, 5) is 39.1. The fraction of sp³-hybridized carbons (Fsp3) is 0.421. The Morgan fingerprint density at radius 2 is 2.04 bits per heavy atom. The second-order valence-corrected chi connectivity index (χ2v) is 8.31. The van der Waals surface area contributed by atoms with Crippen LogP contribution in [0, 0.1) is 0 Å². The molecular formula is C19H20BrNO5S. The normalized spacial score (nSPS) is 22.6. The summed E-state index contributed by atoms with van der Waals surface area (Å²) in [7, 11) is 0. The second-order valence-electron chi connectivity index (χ2n) is 6.48. The minimum atomic E-state index is -1.13. The van der Waals surface area contributed by atoms with Crippen LogP contribution in [-0.4, -0.2) is 58.6 Å². The predicted molar refractivity (Wildman–Crippen MR) is 106 cm³/mol. The second kappa shape index (κ2) is 8.58. The van der Waals surface area contributed by atoms with E-state index in [0.717, 1.165) is 17.3 Å². The average molecular weight is 454 g/mol.